The van der Waals surface area contributed by atoms with Gasteiger partial charge in [-0.2, -0.15) is 0 Å². The zero-order valence-electron chi connectivity index (χ0n) is 12.9. The van der Waals surface area contributed by atoms with Crippen LogP contribution >= 0.6 is 0 Å². The average molecular weight is 278 g/mol. The van der Waals surface area contributed by atoms with Crippen LogP contribution < -0.4 is 10.6 Å². The highest BCUT2D eigenvalue weighted by Gasteiger charge is 2.34. The van der Waals surface area contributed by atoms with E-state index in [1.807, 2.05) is 0 Å². The Bertz CT molecular complexity index is 324. The fraction of sp³-hybridized carbons (Fsp3) is 0.941. The van der Waals surface area contributed by atoms with E-state index in [0.29, 0.717) is 30.0 Å². The van der Waals surface area contributed by atoms with Crippen LogP contribution in [0.5, 0.6) is 0 Å². The van der Waals surface area contributed by atoms with Crippen LogP contribution in [0.1, 0.15) is 71.1 Å². The molecule has 1 aliphatic carbocycles. The van der Waals surface area contributed by atoms with Gasteiger partial charge in [0.1, 0.15) is 0 Å². The molecule has 0 aromatic carbocycles. The molecule has 0 aromatic heterocycles. The molecule has 1 saturated carbocycles. The molecule has 1 amide bonds. The molecule has 0 aromatic rings. The van der Waals surface area contributed by atoms with E-state index in [1.54, 1.807) is 0 Å². The van der Waals surface area contributed by atoms with Crippen molar-refractivity contribution in [2.24, 2.45) is 11.8 Å². The molecule has 3 heteroatoms. The Morgan fingerprint density at radius 3 is 2.25 bits per heavy atom. The minimum Gasteiger partial charge on any atom is -0.353 e. The molecule has 2 unspecified atom stereocenters. The van der Waals surface area contributed by atoms with Crippen LogP contribution in [0.3, 0.4) is 0 Å². The Labute approximate surface area is 123 Å². The molecular weight excluding hydrogens is 248 g/mol. The summed E-state index contributed by atoms with van der Waals surface area (Å²) in [4.78, 5) is 12.2. The molecule has 114 valence electrons. The fourth-order valence-electron chi connectivity index (χ4n) is 4.61. The highest BCUT2D eigenvalue weighted by Crippen LogP contribution is 2.33. The predicted octanol–water partition coefficient (Wildman–Crippen LogP) is 2.99. The highest BCUT2D eigenvalue weighted by molar-refractivity contribution is 5.76. The lowest BCUT2D eigenvalue weighted by Gasteiger charge is -2.31. The van der Waals surface area contributed by atoms with Crippen LogP contribution in [0.4, 0.5) is 0 Å². The normalized spacial score (nSPS) is 40.5. The SMILES string of the molecule is CCC1CCC(NC(=O)CC2CC3CCC(C2)N3)CC1. The van der Waals surface area contributed by atoms with Crippen molar-refractivity contribution in [2.45, 2.75) is 89.3 Å². The van der Waals surface area contributed by atoms with Gasteiger partial charge in [-0.05, 0) is 63.2 Å². The van der Waals surface area contributed by atoms with Crippen LogP contribution in [-0.4, -0.2) is 24.0 Å². The zero-order chi connectivity index (χ0) is 13.9. The quantitative estimate of drug-likeness (QED) is 0.830. The summed E-state index contributed by atoms with van der Waals surface area (Å²) < 4.78 is 0. The lowest BCUT2D eigenvalue weighted by atomic mass is 9.84. The van der Waals surface area contributed by atoms with E-state index in [0.717, 1.165) is 12.3 Å². The number of carbonyl (C=O) groups is 1. The van der Waals surface area contributed by atoms with E-state index in [2.05, 4.69) is 17.6 Å². The minimum absolute atomic E-state index is 0.316. The first-order valence-corrected chi connectivity index (χ1v) is 8.78. The Morgan fingerprint density at radius 1 is 1.00 bits per heavy atom. The van der Waals surface area contributed by atoms with Gasteiger partial charge < -0.3 is 10.6 Å². The van der Waals surface area contributed by atoms with Crippen LogP contribution in [-0.2, 0) is 4.79 Å². The van der Waals surface area contributed by atoms with Gasteiger partial charge in [-0.25, -0.2) is 0 Å². The van der Waals surface area contributed by atoms with Crippen molar-refractivity contribution < 1.29 is 4.79 Å². The molecule has 20 heavy (non-hydrogen) atoms. The number of nitrogens with one attached hydrogen (secondary N) is 2. The summed E-state index contributed by atoms with van der Waals surface area (Å²) >= 11 is 0. The number of hydrogen-bond donors (Lipinski definition) is 2. The zero-order valence-corrected chi connectivity index (χ0v) is 12.9. The van der Waals surface area contributed by atoms with Crippen molar-refractivity contribution in [1.29, 1.82) is 0 Å². The van der Waals surface area contributed by atoms with E-state index >= 15 is 0 Å². The Hall–Kier alpha value is -0.570. The number of hydrogen-bond acceptors (Lipinski definition) is 2. The van der Waals surface area contributed by atoms with Gasteiger partial charge in [0, 0.05) is 24.5 Å². The monoisotopic (exact) mass is 278 g/mol. The van der Waals surface area contributed by atoms with Crippen molar-refractivity contribution >= 4 is 5.91 Å². The third-order valence-corrected chi connectivity index (χ3v) is 5.83. The van der Waals surface area contributed by atoms with E-state index in [1.165, 1.54) is 57.8 Å². The van der Waals surface area contributed by atoms with Crippen molar-refractivity contribution in [3.05, 3.63) is 0 Å². The van der Waals surface area contributed by atoms with Crippen molar-refractivity contribution in [1.82, 2.24) is 10.6 Å². The van der Waals surface area contributed by atoms with Gasteiger partial charge in [-0.1, -0.05) is 13.3 Å². The summed E-state index contributed by atoms with van der Waals surface area (Å²) in [6.45, 7) is 2.29. The Kier molecular flexibility index (Phi) is 4.65. The smallest absolute Gasteiger partial charge is 0.220 e. The second kappa shape index (κ2) is 6.46. The molecule has 0 spiro atoms. The van der Waals surface area contributed by atoms with E-state index in [4.69, 9.17) is 0 Å². The first-order chi connectivity index (χ1) is 9.72. The molecule has 2 aliphatic heterocycles. The molecule has 2 saturated heterocycles. The maximum atomic E-state index is 12.2. The third-order valence-electron chi connectivity index (χ3n) is 5.83. The molecule has 2 heterocycles. The highest BCUT2D eigenvalue weighted by atomic mass is 16.1. The molecule has 3 nitrogen and oxygen atoms in total. The molecule has 2 bridgehead atoms. The molecule has 3 aliphatic rings. The molecular formula is C17H30N2O. The van der Waals surface area contributed by atoms with E-state index in [9.17, 15) is 4.79 Å². The summed E-state index contributed by atoms with van der Waals surface area (Å²) in [5.74, 6) is 1.85. The van der Waals surface area contributed by atoms with Crippen LogP contribution in [0.25, 0.3) is 0 Å². The lowest BCUT2D eigenvalue weighted by molar-refractivity contribution is -0.123. The average Bonchev–Trinajstić information content (AvgIpc) is 2.78. The predicted molar refractivity (Wildman–Crippen MR) is 81.5 cm³/mol. The van der Waals surface area contributed by atoms with Crippen LogP contribution in [0.15, 0.2) is 0 Å². The Morgan fingerprint density at radius 2 is 1.65 bits per heavy atom. The summed E-state index contributed by atoms with van der Waals surface area (Å²) in [7, 11) is 0. The van der Waals surface area contributed by atoms with Gasteiger partial charge in [0.25, 0.3) is 0 Å². The minimum atomic E-state index is 0.316. The van der Waals surface area contributed by atoms with Gasteiger partial charge in [0.2, 0.25) is 5.91 Å². The summed E-state index contributed by atoms with van der Waals surface area (Å²) in [6.07, 6.45) is 12.1. The number of piperidine rings is 1. The summed E-state index contributed by atoms with van der Waals surface area (Å²) in [5.41, 5.74) is 0. The standard InChI is InChI=1S/C17H30N2O/c1-2-12-3-5-14(6-4-12)19-17(20)11-13-9-15-7-8-16(10-13)18-15/h12-16,18H,2-11H2,1H3,(H,19,20). The maximum absolute atomic E-state index is 12.2. The first-order valence-electron chi connectivity index (χ1n) is 8.78. The fourth-order valence-corrected chi connectivity index (χ4v) is 4.61. The Balaban J connectivity index is 1.39. The van der Waals surface area contributed by atoms with Crippen molar-refractivity contribution in [2.75, 3.05) is 0 Å². The van der Waals surface area contributed by atoms with Gasteiger partial charge in [-0.3, -0.25) is 4.79 Å². The lowest BCUT2D eigenvalue weighted by Crippen LogP contribution is -2.42. The second-order valence-electron chi connectivity index (χ2n) is 7.37. The van der Waals surface area contributed by atoms with Gasteiger partial charge in [0.15, 0.2) is 0 Å². The van der Waals surface area contributed by atoms with Gasteiger partial charge >= 0.3 is 0 Å². The summed E-state index contributed by atoms with van der Waals surface area (Å²) in [6, 6.07) is 1.86. The summed E-state index contributed by atoms with van der Waals surface area (Å²) in [5, 5.41) is 6.96. The molecule has 3 rings (SSSR count). The van der Waals surface area contributed by atoms with Crippen molar-refractivity contribution in [3.8, 4) is 0 Å². The first kappa shape index (κ1) is 14.4. The van der Waals surface area contributed by atoms with Gasteiger partial charge in [0.05, 0.1) is 0 Å². The number of fused-ring (bicyclic) bond motifs is 2. The molecule has 3 fully saturated rings. The number of amides is 1. The largest absolute Gasteiger partial charge is 0.353 e. The molecule has 0 radical (unpaired) electrons. The maximum Gasteiger partial charge on any atom is 0.220 e. The van der Waals surface area contributed by atoms with E-state index < -0.39 is 0 Å². The van der Waals surface area contributed by atoms with Gasteiger partial charge in [-0.15, -0.1) is 0 Å². The second-order valence-corrected chi connectivity index (χ2v) is 7.37. The molecule has 2 atom stereocenters. The third kappa shape index (κ3) is 3.55. The number of carbonyl (C=O) groups excluding carboxylic acids is 1. The topological polar surface area (TPSA) is 41.1 Å². The number of rotatable bonds is 4. The molecule has 2 N–H and O–H groups in total. The van der Waals surface area contributed by atoms with Crippen molar-refractivity contribution in [3.63, 3.8) is 0 Å². The van der Waals surface area contributed by atoms with Crippen LogP contribution in [0.2, 0.25) is 0 Å². The van der Waals surface area contributed by atoms with Crippen LogP contribution in [0, 0.1) is 11.8 Å². The van der Waals surface area contributed by atoms with E-state index in [-0.39, 0.29) is 0 Å².